The Morgan fingerprint density at radius 1 is 1.05 bits per heavy atom. The van der Waals surface area contributed by atoms with Gasteiger partial charge in [0, 0.05) is 10.7 Å². The predicted molar refractivity (Wildman–Crippen MR) is 139 cm³/mol. The van der Waals surface area contributed by atoms with E-state index in [-0.39, 0.29) is 25.6 Å². The molecule has 0 fully saturated rings. The van der Waals surface area contributed by atoms with Gasteiger partial charge in [0.25, 0.3) is 12.2 Å². The molecule has 0 saturated carbocycles. The summed E-state index contributed by atoms with van der Waals surface area (Å²) in [6.45, 7) is -0.0632. The molecule has 9 nitrogen and oxygen atoms in total. The first-order chi connectivity index (χ1) is 17.9. The first-order valence-corrected chi connectivity index (χ1v) is 11.6. The molecule has 1 atom stereocenters. The van der Waals surface area contributed by atoms with E-state index < -0.39 is 17.9 Å². The monoisotopic (exact) mass is 526 g/mol. The number of benzene rings is 3. The second kappa shape index (κ2) is 14.3. The SMILES string of the molecule is NC=NC=[NH+]CC(=O)N[C@@H](COCc1ccccc1Cl)C(=O)Nc1ccc(Oc2ccc(F)cc2)cc1. The summed E-state index contributed by atoms with van der Waals surface area (Å²) in [7, 11) is 0. The van der Waals surface area contributed by atoms with Crippen molar-refractivity contribution in [3.63, 3.8) is 0 Å². The molecule has 0 aromatic heterocycles. The van der Waals surface area contributed by atoms with E-state index in [1.54, 1.807) is 36.4 Å². The van der Waals surface area contributed by atoms with Gasteiger partial charge >= 0.3 is 0 Å². The maximum atomic E-state index is 13.1. The van der Waals surface area contributed by atoms with Crippen LogP contribution in [-0.4, -0.2) is 43.7 Å². The lowest BCUT2D eigenvalue weighted by molar-refractivity contribution is -0.439. The minimum absolute atomic E-state index is 0.0980. The van der Waals surface area contributed by atoms with Crippen molar-refractivity contribution in [3.8, 4) is 11.5 Å². The zero-order chi connectivity index (χ0) is 26.5. The Morgan fingerprint density at radius 3 is 2.41 bits per heavy atom. The van der Waals surface area contributed by atoms with Gasteiger partial charge in [0.15, 0.2) is 6.54 Å². The summed E-state index contributed by atoms with van der Waals surface area (Å²) in [4.78, 5) is 31.6. The molecule has 3 aromatic carbocycles. The number of rotatable bonds is 12. The van der Waals surface area contributed by atoms with E-state index in [0.29, 0.717) is 22.2 Å². The van der Waals surface area contributed by atoms with Crippen LogP contribution < -0.4 is 26.1 Å². The number of hydrogen-bond donors (Lipinski definition) is 4. The maximum Gasteiger partial charge on any atom is 0.281 e. The van der Waals surface area contributed by atoms with Gasteiger partial charge in [-0.1, -0.05) is 29.8 Å². The normalized spacial score (nSPS) is 11.9. The van der Waals surface area contributed by atoms with Gasteiger partial charge in [0.05, 0.1) is 13.2 Å². The second-order valence-corrected chi connectivity index (χ2v) is 8.01. The zero-order valence-corrected chi connectivity index (χ0v) is 20.5. The quantitative estimate of drug-likeness (QED) is 0.212. The molecule has 0 unspecified atom stereocenters. The summed E-state index contributed by atoms with van der Waals surface area (Å²) >= 11 is 6.16. The van der Waals surface area contributed by atoms with Crippen molar-refractivity contribution in [1.82, 2.24) is 5.32 Å². The van der Waals surface area contributed by atoms with E-state index in [1.807, 2.05) is 12.1 Å². The van der Waals surface area contributed by atoms with Gasteiger partial charge in [0.1, 0.15) is 23.4 Å². The Morgan fingerprint density at radius 2 is 1.73 bits per heavy atom. The largest absolute Gasteiger partial charge is 0.457 e. The van der Waals surface area contributed by atoms with Gasteiger partial charge in [-0.15, -0.1) is 0 Å². The summed E-state index contributed by atoms with van der Waals surface area (Å²) in [5, 5.41) is 5.92. The number of nitrogens with two attached hydrogens (primary N) is 1. The highest BCUT2D eigenvalue weighted by Gasteiger charge is 2.22. The lowest BCUT2D eigenvalue weighted by Gasteiger charge is -2.18. The van der Waals surface area contributed by atoms with E-state index in [1.165, 1.54) is 30.6 Å². The number of ether oxygens (including phenoxy) is 2. The summed E-state index contributed by atoms with van der Waals surface area (Å²) in [6.07, 6.45) is 2.33. The fourth-order valence-electron chi connectivity index (χ4n) is 3.04. The van der Waals surface area contributed by atoms with Crippen LogP contribution in [0.4, 0.5) is 10.1 Å². The molecule has 2 amide bonds. The van der Waals surface area contributed by atoms with Gasteiger partial charge in [0.2, 0.25) is 12.2 Å². The van der Waals surface area contributed by atoms with Crippen molar-refractivity contribution in [2.45, 2.75) is 12.6 Å². The Bertz CT molecular complexity index is 1240. The highest BCUT2D eigenvalue weighted by Crippen LogP contribution is 2.23. The number of aliphatic imine (C=N–C) groups is 1. The molecule has 0 aliphatic rings. The summed E-state index contributed by atoms with van der Waals surface area (Å²) in [5.74, 6) is -0.322. The van der Waals surface area contributed by atoms with Gasteiger partial charge in [-0.3, -0.25) is 14.6 Å². The number of carbonyl (C=O) groups excluding carboxylic acids is 2. The molecule has 11 heteroatoms. The van der Waals surface area contributed by atoms with Crippen LogP contribution in [0, 0.1) is 5.82 Å². The van der Waals surface area contributed by atoms with Crippen LogP contribution >= 0.6 is 11.6 Å². The predicted octanol–water partition coefficient (Wildman–Crippen LogP) is 2.01. The fourth-order valence-corrected chi connectivity index (χ4v) is 3.23. The topological polar surface area (TPSA) is 129 Å². The number of hydrogen-bond acceptors (Lipinski definition) is 4. The molecule has 0 spiro atoms. The molecule has 0 aliphatic heterocycles. The van der Waals surface area contributed by atoms with Gasteiger partial charge in [-0.2, -0.15) is 0 Å². The van der Waals surface area contributed by atoms with E-state index in [9.17, 15) is 14.0 Å². The standard InChI is InChI=1S/C26H25ClFN5O4/c27-23-4-2-1-3-18(23)14-36-15-24(33-25(34)13-30-17-31-16-29)26(35)32-20-7-11-22(12-8-20)37-21-9-5-19(28)6-10-21/h1-12,16-17,24H,13-15H2,(H,32,35)(H,33,34)(H2,29,30,31)/p+1/t24-/m0/s1. The number of nitrogens with one attached hydrogen (secondary N) is 3. The van der Waals surface area contributed by atoms with Gasteiger partial charge in [-0.05, 0) is 65.2 Å². The average Bonchev–Trinajstić information content (AvgIpc) is 2.89. The van der Waals surface area contributed by atoms with Crippen LogP contribution in [0.1, 0.15) is 5.56 Å². The lowest BCUT2D eigenvalue weighted by atomic mass is 10.2. The van der Waals surface area contributed by atoms with Crippen LogP contribution in [0.3, 0.4) is 0 Å². The Labute approximate surface area is 218 Å². The Hall–Kier alpha value is -4.28. The molecule has 0 radical (unpaired) electrons. The van der Waals surface area contributed by atoms with Crippen LogP contribution in [0.2, 0.25) is 5.02 Å². The smallest absolute Gasteiger partial charge is 0.281 e. The molecule has 3 aromatic rings. The molecule has 37 heavy (non-hydrogen) atoms. The molecule has 0 heterocycles. The number of anilines is 1. The van der Waals surface area contributed by atoms with Crippen molar-refractivity contribution in [2.75, 3.05) is 18.5 Å². The minimum atomic E-state index is -0.995. The minimum Gasteiger partial charge on any atom is -0.457 e. The average molecular weight is 527 g/mol. The van der Waals surface area contributed by atoms with E-state index in [2.05, 4.69) is 20.6 Å². The number of carbonyl (C=O) groups is 2. The van der Waals surface area contributed by atoms with Crippen LogP contribution in [0.15, 0.2) is 77.8 Å². The molecular formula is C26H26ClFN5O4+. The van der Waals surface area contributed by atoms with Crippen molar-refractivity contribution >= 4 is 41.8 Å². The third-order valence-corrected chi connectivity index (χ3v) is 5.21. The van der Waals surface area contributed by atoms with Crippen molar-refractivity contribution < 1.29 is 28.4 Å². The lowest BCUT2D eigenvalue weighted by Crippen LogP contribution is -2.73. The Balaban J connectivity index is 1.61. The van der Waals surface area contributed by atoms with Crippen molar-refractivity contribution in [1.29, 1.82) is 0 Å². The van der Waals surface area contributed by atoms with Gasteiger partial charge in [-0.25, -0.2) is 4.39 Å². The van der Waals surface area contributed by atoms with E-state index >= 15 is 0 Å². The molecule has 0 aliphatic carbocycles. The highest BCUT2D eigenvalue weighted by molar-refractivity contribution is 6.31. The molecule has 0 saturated heterocycles. The van der Waals surface area contributed by atoms with Crippen LogP contribution in [0.5, 0.6) is 11.5 Å². The molecule has 5 N–H and O–H groups in total. The third-order valence-electron chi connectivity index (χ3n) is 4.84. The van der Waals surface area contributed by atoms with E-state index in [4.69, 9.17) is 26.8 Å². The summed E-state index contributed by atoms with van der Waals surface area (Å²) in [5.41, 5.74) is 6.37. The van der Waals surface area contributed by atoms with Crippen LogP contribution in [0.25, 0.3) is 0 Å². The Kier molecular flexibility index (Phi) is 10.6. The third kappa shape index (κ3) is 9.36. The second-order valence-electron chi connectivity index (χ2n) is 7.60. The number of nitrogens with zero attached hydrogens (tertiary/aromatic N) is 1. The highest BCUT2D eigenvalue weighted by atomic mass is 35.5. The molecular weight excluding hydrogens is 501 g/mol. The van der Waals surface area contributed by atoms with Crippen molar-refractivity contribution in [3.05, 3.63) is 89.2 Å². The first-order valence-electron chi connectivity index (χ1n) is 11.2. The number of halogens is 2. The van der Waals surface area contributed by atoms with Gasteiger partial charge < -0.3 is 25.8 Å². The molecule has 0 bridgehead atoms. The molecule has 192 valence electrons. The number of amides is 2. The molecule has 3 rings (SSSR count). The van der Waals surface area contributed by atoms with Crippen molar-refractivity contribution in [2.24, 2.45) is 10.7 Å². The first kappa shape index (κ1) is 27.3. The van der Waals surface area contributed by atoms with Crippen LogP contribution in [-0.2, 0) is 20.9 Å². The fraction of sp³-hybridized carbons (Fsp3) is 0.154. The maximum absolute atomic E-state index is 13.1. The van der Waals surface area contributed by atoms with E-state index in [0.717, 1.165) is 11.9 Å². The zero-order valence-electron chi connectivity index (χ0n) is 19.7. The summed E-state index contributed by atoms with van der Waals surface area (Å²) in [6, 6.07) is 18.4. The summed E-state index contributed by atoms with van der Waals surface area (Å²) < 4.78 is 24.4.